The molecule has 2 saturated heterocycles. The lowest BCUT2D eigenvalue weighted by Gasteiger charge is -2.35. The molecule has 2 aliphatic rings. The topological polar surface area (TPSA) is 174 Å². The van der Waals surface area contributed by atoms with Crippen LogP contribution < -0.4 is 5.43 Å². The van der Waals surface area contributed by atoms with Crippen molar-refractivity contribution in [2.45, 2.75) is 29.5 Å². The number of hydrogen-bond donors (Lipinski definition) is 4. The number of nitrogens with one attached hydrogen (secondary N) is 1. The van der Waals surface area contributed by atoms with Crippen LogP contribution in [-0.2, 0) is 19.4 Å². The Morgan fingerprint density at radius 1 is 1.37 bits per heavy atom. The minimum atomic E-state index is -4.10. The van der Waals surface area contributed by atoms with E-state index in [0.29, 0.717) is 0 Å². The van der Waals surface area contributed by atoms with Gasteiger partial charge in [-0.1, -0.05) is 6.07 Å². The van der Waals surface area contributed by atoms with Crippen molar-refractivity contribution < 1.29 is 38.1 Å². The minimum absolute atomic E-state index is 0.306. The molecule has 0 aliphatic carbocycles. The average molecular weight is 397 g/mol. The number of amides is 2. The molecule has 0 aromatic heterocycles. The van der Waals surface area contributed by atoms with Crippen molar-refractivity contribution in [2.75, 3.05) is 0 Å². The number of carbonyl (C=O) groups excluding carboxylic acids is 2. The van der Waals surface area contributed by atoms with Gasteiger partial charge in [-0.15, -0.1) is 0 Å². The number of fused-ring (bicyclic) bond motifs is 1. The van der Waals surface area contributed by atoms with E-state index in [2.05, 4.69) is 5.10 Å². The molecule has 0 saturated carbocycles. The van der Waals surface area contributed by atoms with Crippen LogP contribution in [0.3, 0.4) is 0 Å². The van der Waals surface area contributed by atoms with E-state index in [4.69, 9.17) is 0 Å². The number of carbonyl (C=O) groups is 3. The summed E-state index contributed by atoms with van der Waals surface area (Å²) in [5.41, 5.74) is 1.66. The SMILES string of the molecule is C[C@]1(/C=N/NC(=O)c2cccc(O)c2O)[C@H](C(=O)O)N2C(=O)C[C@H]2S1(=O)=O. The third-order valence-corrected chi connectivity index (χ3v) is 7.39. The number of hydrazone groups is 1. The van der Waals surface area contributed by atoms with Gasteiger partial charge in [-0.05, 0) is 19.1 Å². The van der Waals surface area contributed by atoms with Crippen molar-refractivity contribution in [3.05, 3.63) is 23.8 Å². The van der Waals surface area contributed by atoms with E-state index >= 15 is 0 Å². The van der Waals surface area contributed by atoms with Gasteiger partial charge in [0.05, 0.1) is 12.0 Å². The predicted molar refractivity (Wildman–Crippen MR) is 89.7 cm³/mol. The Morgan fingerprint density at radius 3 is 2.63 bits per heavy atom. The van der Waals surface area contributed by atoms with Crippen molar-refractivity contribution >= 4 is 33.8 Å². The van der Waals surface area contributed by atoms with Gasteiger partial charge >= 0.3 is 5.97 Å². The molecule has 0 radical (unpaired) electrons. The van der Waals surface area contributed by atoms with Crippen molar-refractivity contribution in [1.29, 1.82) is 0 Å². The van der Waals surface area contributed by atoms with Crippen molar-refractivity contribution in [3.8, 4) is 11.5 Å². The molecule has 3 atom stereocenters. The number of sulfone groups is 1. The highest BCUT2D eigenvalue weighted by atomic mass is 32.2. The lowest BCUT2D eigenvalue weighted by atomic mass is 9.97. The summed E-state index contributed by atoms with van der Waals surface area (Å²) < 4.78 is 23.2. The van der Waals surface area contributed by atoms with Crippen molar-refractivity contribution in [3.63, 3.8) is 0 Å². The van der Waals surface area contributed by atoms with E-state index in [9.17, 15) is 38.1 Å². The number of carboxylic acids is 1. The summed E-state index contributed by atoms with van der Waals surface area (Å²) in [7, 11) is -4.10. The Balaban J connectivity index is 1.88. The fourth-order valence-corrected chi connectivity index (χ4v) is 5.41. The molecule has 0 spiro atoms. The number of para-hydroxylation sites is 1. The third kappa shape index (κ3) is 2.51. The first-order valence-corrected chi connectivity index (χ1v) is 9.20. The Hall–Kier alpha value is -3.15. The number of nitrogens with zero attached hydrogens (tertiary/aromatic N) is 2. The highest BCUT2D eigenvalue weighted by Crippen LogP contribution is 2.45. The Labute approximate surface area is 152 Å². The lowest BCUT2D eigenvalue weighted by Crippen LogP contribution is -2.57. The predicted octanol–water partition coefficient (Wildman–Crippen LogP) is -0.988. The first-order chi connectivity index (χ1) is 12.5. The van der Waals surface area contributed by atoms with Gasteiger partial charge in [0.25, 0.3) is 5.91 Å². The van der Waals surface area contributed by atoms with Crippen LogP contribution in [-0.4, -0.2) is 68.8 Å². The van der Waals surface area contributed by atoms with E-state index in [1.807, 2.05) is 5.43 Å². The molecule has 2 heterocycles. The standard InChI is InChI=1S/C15H15N3O8S/c1-15(6-16-17-13(22)7-3-2-4-8(19)11(7)21)12(14(23)24)18-9(20)5-10(18)27(15,25)26/h2-4,6,10,12,19,21H,5H2,1H3,(H,17,22)(H,23,24)/b16-6+/t10-,12+,15+/m1/s1. The summed E-state index contributed by atoms with van der Waals surface area (Å²) in [6.07, 6.45) is 0.448. The molecule has 11 nitrogen and oxygen atoms in total. The monoisotopic (exact) mass is 397 g/mol. The Morgan fingerprint density at radius 2 is 2.04 bits per heavy atom. The zero-order valence-corrected chi connectivity index (χ0v) is 14.7. The number of phenolic OH excluding ortho intramolecular Hbond substituents is 2. The summed E-state index contributed by atoms with van der Waals surface area (Å²) in [6, 6.07) is 1.97. The van der Waals surface area contributed by atoms with Gasteiger partial charge in [0.1, 0.15) is 10.1 Å². The van der Waals surface area contributed by atoms with Gasteiger partial charge in [-0.25, -0.2) is 18.6 Å². The number of aromatic hydroxyl groups is 2. The zero-order chi connectivity index (χ0) is 20.1. The smallest absolute Gasteiger partial charge is 0.328 e. The Kier molecular flexibility index (Phi) is 4.10. The lowest BCUT2D eigenvalue weighted by molar-refractivity contribution is -0.156. The molecule has 144 valence electrons. The van der Waals surface area contributed by atoms with Crippen LogP contribution in [0.5, 0.6) is 11.5 Å². The second-order valence-corrected chi connectivity index (χ2v) is 8.82. The number of benzene rings is 1. The number of hydrogen-bond acceptors (Lipinski definition) is 8. The number of β-lactam (4-membered cyclic amide) rings is 1. The van der Waals surface area contributed by atoms with E-state index < -0.39 is 55.3 Å². The molecule has 3 rings (SSSR count). The third-order valence-electron chi connectivity index (χ3n) is 4.72. The molecule has 0 unspecified atom stereocenters. The fourth-order valence-electron chi connectivity index (χ4n) is 3.20. The molecule has 2 aliphatic heterocycles. The largest absolute Gasteiger partial charge is 0.504 e. The summed E-state index contributed by atoms with van der Waals surface area (Å²) in [5, 5.41) is 30.7. The van der Waals surface area contributed by atoms with Crippen molar-refractivity contribution in [2.24, 2.45) is 5.10 Å². The number of rotatable bonds is 4. The second-order valence-electron chi connectivity index (χ2n) is 6.30. The maximum absolute atomic E-state index is 12.6. The van der Waals surface area contributed by atoms with Gasteiger partial charge in [0.15, 0.2) is 27.4 Å². The van der Waals surface area contributed by atoms with Gasteiger partial charge in [0, 0.05) is 6.21 Å². The molecular formula is C15H15N3O8S. The van der Waals surface area contributed by atoms with E-state index in [1.165, 1.54) is 12.1 Å². The number of aliphatic carboxylic acids is 1. The first kappa shape index (κ1) is 18.6. The number of phenols is 2. The molecule has 2 amide bonds. The van der Waals surface area contributed by atoms with Crippen LogP contribution in [0.4, 0.5) is 0 Å². The summed E-state index contributed by atoms with van der Waals surface area (Å²) in [5.74, 6) is -4.29. The molecule has 4 N–H and O–H groups in total. The second kappa shape index (κ2) is 5.94. The highest BCUT2D eigenvalue weighted by molar-refractivity contribution is 7.94. The van der Waals surface area contributed by atoms with Crippen LogP contribution in [0, 0.1) is 0 Å². The summed E-state index contributed by atoms with van der Waals surface area (Å²) >= 11 is 0. The van der Waals surface area contributed by atoms with Crippen LogP contribution in [0.15, 0.2) is 23.3 Å². The maximum atomic E-state index is 12.6. The minimum Gasteiger partial charge on any atom is -0.504 e. The maximum Gasteiger partial charge on any atom is 0.328 e. The normalized spacial score (nSPS) is 28.6. The summed E-state index contributed by atoms with van der Waals surface area (Å²) in [4.78, 5) is 36.1. The quantitative estimate of drug-likeness (QED) is 0.217. The van der Waals surface area contributed by atoms with Crippen LogP contribution in [0.1, 0.15) is 23.7 Å². The van der Waals surface area contributed by atoms with E-state index in [0.717, 1.165) is 24.1 Å². The molecule has 0 bridgehead atoms. The molecule has 12 heteroatoms. The van der Waals surface area contributed by atoms with Gasteiger partial charge in [-0.2, -0.15) is 5.10 Å². The average Bonchev–Trinajstić information content (AvgIpc) is 2.72. The highest BCUT2D eigenvalue weighted by Gasteiger charge is 2.69. The summed E-state index contributed by atoms with van der Waals surface area (Å²) in [6.45, 7) is 1.11. The van der Waals surface area contributed by atoms with E-state index in [-0.39, 0.29) is 12.0 Å². The van der Waals surface area contributed by atoms with Gasteiger partial charge in [0.2, 0.25) is 5.91 Å². The molecule has 1 aromatic carbocycles. The molecule has 27 heavy (non-hydrogen) atoms. The van der Waals surface area contributed by atoms with Crippen LogP contribution >= 0.6 is 0 Å². The van der Waals surface area contributed by atoms with Crippen LogP contribution in [0.25, 0.3) is 0 Å². The first-order valence-electron chi connectivity index (χ1n) is 7.65. The fraction of sp³-hybridized carbons (Fsp3) is 0.333. The van der Waals surface area contributed by atoms with Crippen molar-refractivity contribution in [1.82, 2.24) is 10.3 Å². The molecule has 2 fully saturated rings. The zero-order valence-electron chi connectivity index (χ0n) is 13.9. The molecular weight excluding hydrogens is 382 g/mol. The Bertz CT molecular complexity index is 989. The van der Waals surface area contributed by atoms with Gasteiger partial charge in [-0.3, -0.25) is 9.59 Å². The number of carboxylic acid groups (broad SMARTS) is 1. The molecule has 1 aromatic rings. The van der Waals surface area contributed by atoms with Gasteiger partial charge < -0.3 is 20.2 Å². The van der Waals surface area contributed by atoms with Crippen LogP contribution in [0.2, 0.25) is 0 Å². The van der Waals surface area contributed by atoms with E-state index in [1.54, 1.807) is 0 Å².